The molecule has 3 aromatic carbocycles. The van der Waals surface area contributed by atoms with Crippen LogP contribution in [0.15, 0.2) is 77.2 Å². The van der Waals surface area contributed by atoms with Gasteiger partial charge < -0.3 is 10.2 Å². The molecule has 2 N–H and O–H groups in total. The number of aryl methyl sites for hydroxylation is 1. The van der Waals surface area contributed by atoms with Gasteiger partial charge in [-0.1, -0.05) is 42.5 Å². The van der Waals surface area contributed by atoms with Crippen molar-refractivity contribution < 1.29 is 4.42 Å². The number of aromatic nitrogens is 2. The maximum Gasteiger partial charge on any atom is 0.248 e. The van der Waals surface area contributed by atoms with Crippen LogP contribution in [0, 0.1) is 6.92 Å². The first-order chi connectivity index (χ1) is 12.2. The van der Waals surface area contributed by atoms with Crippen molar-refractivity contribution in [3.63, 3.8) is 0 Å². The monoisotopic (exact) mass is 327 g/mol. The fourth-order valence-corrected chi connectivity index (χ4v) is 2.81. The van der Waals surface area contributed by atoms with E-state index in [4.69, 9.17) is 10.2 Å². The van der Waals surface area contributed by atoms with Gasteiger partial charge in [-0.05, 0) is 53.9 Å². The maximum atomic E-state index is 5.86. The summed E-state index contributed by atoms with van der Waals surface area (Å²) in [6.07, 6.45) is 0. The molecule has 0 radical (unpaired) electrons. The molecular weight excluding hydrogens is 310 g/mol. The number of nitrogens with two attached hydrogens (primary N) is 1. The van der Waals surface area contributed by atoms with E-state index in [0.717, 1.165) is 27.9 Å². The van der Waals surface area contributed by atoms with Crippen molar-refractivity contribution in [2.45, 2.75) is 6.92 Å². The lowest BCUT2D eigenvalue weighted by Gasteiger charge is -2.03. The molecule has 122 valence electrons. The average molecular weight is 327 g/mol. The molecule has 1 heterocycles. The number of rotatable bonds is 3. The van der Waals surface area contributed by atoms with E-state index < -0.39 is 0 Å². The van der Waals surface area contributed by atoms with Gasteiger partial charge in [-0.15, -0.1) is 10.2 Å². The summed E-state index contributed by atoms with van der Waals surface area (Å²) in [7, 11) is 0. The third-order valence-electron chi connectivity index (χ3n) is 4.14. The van der Waals surface area contributed by atoms with E-state index in [1.807, 2.05) is 55.5 Å². The van der Waals surface area contributed by atoms with Crippen molar-refractivity contribution in [3.05, 3.63) is 78.4 Å². The van der Waals surface area contributed by atoms with E-state index in [-0.39, 0.29) is 0 Å². The third kappa shape index (κ3) is 3.02. The van der Waals surface area contributed by atoms with Gasteiger partial charge in [-0.3, -0.25) is 0 Å². The standard InChI is InChI=1S/C21H17N3O/c1-14-13-18(22)11-12-19(14)21-24-23-20(25-21)17-9-7-16(8-10-17)15-5-3-2-4-6-15/h2-13H,22H2,1H3. The second-order valence-electron chi connectivity index (χ2n) is 5.93. The number of anilines is 1. The van der Waals surface area contributed by atoms with Gasteiger partial charge in [0.15, 0.2) is 0 Å². The van der Waals surface area contributed by atoms with Gasteiger partial charge in [0.1, 0.15) is 0 Å². The molecule has 4 aromatic rings. The predicted octanol–water partition coefficient (Wildman–Crippen LogP) is 4.96. The van der Waals surface area contributed by atoms with Gasteiger partial charge in [0, 0.05) is 16.8 Å². The molecule has 25 heavy (non-hydrogen) atoms. The molecule has 0 atom stereocenters. The van der Waals surface area contributed by atoms with Crippen molar-refractivity contribution in [1.29, 1.82) is 0 Å². The summed E-state index contributed by atoms with van der Waals surface area (Å²) in [6.45, 7) is 1.98. The van der Waals surface area contributed by atoms with Crippen LogP contribution in [-0.4, -0.2) is 10.2 Å². The first kappa shape index (κ1) is 15.1. The fourth-order valence-electron chi connectivity index (χ4n) is 2.81. The number of benzene rings is 3. The average Bonchev–Trinajstić information content (AvgIpc) is 3.12. The van der Waals surface area contributed by atoms with Crippen molar-refractivity contribution in [2.24, 2.45) is 0 Å². The van der Waals surface area contributed by atoms with Crippen molar-refractivity contribution in [2.75, 3.05) is 5.73 Å². The van der Waals surface area contributed by atoms with E-state index >= 15 is 0 Å². The summed E-state index contributed by atoms with van der Waals surface area (Å²) >= 11 is 0. The highest BCUT2D eigenvalue weighted by Crippen LogP contribution is 2.28. The normalized spacial score (nSPS) is 10.8. The van der Waals surface area contributed by atoms with Crippen molar-refractivity contribution in [1.82, 2.24) is 10.2 Å². The molecule has 0 fully saturated rings. The van der Waals surface area contributed by atoms with Gasteiger partial charge in [-0.25, -0.2) is 0 Å². The van der Waals surface area contributed by atoms with Gasteiger partial charge in [0.05, 0.1) is 0 Å². The Hall–Kier alpha value is -3.40. The Bertz CT molecular complexity index is 1010. The van der Waals surface area contributed by atoms with Crippen LogP contribution < -0.4 is 5.73 Å². The summed E-state index contributed by atoms with van der Waals surface area (Å²) < 4.78 is 5.86. The van der Waals surface area contributed by atoms with Crippen LogP contribution in [0.1, 0.15) is 5.56 Å². The number of nitrogen functional groups attached to an aromatic ring is 1. The predicted molar refractivity (Wildman–Crippen MR) is 99.8 cm³/mol. The molecule has 4 rings (SSSR count). The van der Waals surface area contributed by atoms with E-state index in [1.165, 1.54) is 5.56 Å². The first-order valence-corrected chi connectivity index (χ1v) is 8.06. The highest BCUT2D eigenvalue weighted by atomic mass is 16.4. The van der Waals surface area contributed by atoms with Crippen LogP contribution in [0.25, 0.3) is 34.0 Å². The summed E-state index contributed by atoms with van der Waals surface area (Å²) in [4.78, 5) is 0. The molecule has 0 saturated heterocycles. The lowest BCUT2D eigenvalue weighted by Crippen LogP contribution is -1.88. The molecule has 0 aliphatic carbocycles. The van der Waals surface area contributed by atoms with E-state index in [9.17, 15) is 0 Å². The summed E-state index contributed by atoms with van der Waals surface area (Å²) in [5.74, 6) is 1.01. The Kier molecular flexibility index (Phi) is 3.78. The van der Waals surface area contributed by atoms with Gasteiger partial charge in [0.25, 0.3) is 0 Å². The molecule has 4 heteroatoms. The molecule has 0 saturated carbocycles. The quantitative estimate of drug-likeness (QED) is 0.540. The van der Waals surface area contributed by atoms with Crippen LogP contribution in [0.4, 0.5) is 5.69 Å². The molecule has 0 bridgehead atoms. The van der Waals surface area contributed by atoms with Crippen LogP contribution in [0.2, 0.25) is 0 Å². The summed E-state index contributed by atoms with van der Waals surface area (Å²) in [6, 6.07) is 24.0. The largest absolute Gasteiger partial charge is 0.416 e. The minimum absolute atomic E-state index is 0.500. The molecule has 0 amide bonds. The van der Waals surface area contributed by atoms with E-state index in [2.05, 4.69) is 34.5 Å². The zero-order valence-electron chi connectivity index (χ0n) is 13.8. The van der Waals surface area contributed by atoms with Gasteiger partial charge >= 0.3 is 0 Å². The maximum absolute atomic E-state index is 5.86. The Balaban J connectivity index is 1.64. The van der Waals surface area contributed by atoms with Crippen LogP contribution >= 0.6 is 0 Å². The Morgan fingerprint density at radius 3 is 2.08 bits per heavy atom. The van der Waals surface area contributed by atoms with Crippen LogP contribution in [0.5, 0.6) is 0 Å². The SMILES string of the molecule is Cc1cc(N)ccc1-c1nnc(-c2ccc(-c3ccccc3)cc2)o1. The third-order valence-corrected chi connectivity index (χ3v) is 4.14. The highest BCUT2D eigenvalue weighted by molar-refractivity contribution is 5.68. The molecule has 0 spiro atoms. The van der Waals surface area contributed by atoms with Gasteiger partial charge in [-0.2, -0.15) is 0 Å². The number of hydrogen-bond donors (Lipinski definition) is 1. The minimum Gasteiger partial charge on any atom is -0.416 e. The summed E-state index contributed by atoms with van der Waals surface area (Å²) in [5.41, 5.74) is 11.6. The van der Waals surface area contributed by atoms with Crippen molar-refractivity contribution in [3.8, 4) is 34.0 Å². The molecule has 4 nitrogen and oxygen atoms in total. The molecule has 0 aliphatic rings. The second kappa shape index (κ2) is 6.24. The lowest BCUT2D eigenvalue weighted by atomic mass is 10.0. The van der Waals surface area contributed by atoms with Crippen LogP contribution in [0.3, 0.4) is 0 Å². The molecular formula is C21H17N3O. The second-order valence-corrected chi connectivity index (χ2v) is 5.93. The Labute approximate surface area is 146 Å². The zero-order chi connectivity index (χ0) is 17.2. The van der Waals surface area contributed by atoms with Crippen LogP contribution in [-0.2, 0) is 0 Å². The van der Waals surface area contributed by atoms with Crippen molar-refractivity contribution >= 4 is 5.69 Å². The number of hydrogen-bond acceptors (Lipinski definition) is 4. The first-order valence-electron chi connectivity index (χ1n) is 8.06. The van der Waals surface area contributed by atoms with E-state index in [1.54, 1.807) is 0 Å². The van der Waals surface area contributed by atoms with E-state index in [0.29, 0.717) is 11.8 Å². The molecule has 0 aliphatic heterocycles. The topological polar surface area (TPSA) is 64.9 Å². The molecule has 1 aromatic heterocycles. The minimum atomic E-state index is 0.500. The summed E-state index contributed by atoms with van der Waals surface area (Å²) in [5, 5.41) is 8.36. The Morgan fingerprint density at radius 1 is 0.720 bits per heavy atom. The number of nitrogens with zero attached hydrogens (tertiary/aromatic N) is 2. The molecule has 0 unspecified atom stereocenters. The smallest absolute Gasteiger partial charge is 0.248 e. The van der Waals surface area contributed by atoms with Gasteiger partial charge in [0.2, 0.25) is 11.8 Å². The lowest BCUT2D eigenvalue weighted by molar-refractivity contribution is 0.584. The Morgan fingerprint density at radius 2 is 1.36 bits per heavy atom. The fraction of sp³-hybridized carbons (Fsp3) is 0.0476. The highest BCUT2D eigenvalue weighted by Gasteiger charge is 2.12. The zero-order valence-corrected chi connectivity index (χ0v) is 13.8.